The van der Waals surface area contributed by atoms with E-state index >= 15 is 0 Å². The number of phenols is 1. The summed E-state index contributed by atoms with van der Waals surface area (Å²) in [4.78, 5) is 23.7. The van der Waals surface area contributed by atoms with Crippen LogP contribution >= 0.6 is 0 Å². The third-order valence-corrected chi connectivity index (χ3v) is 4.21. The number of benzene rings is 3. The summed E-state index contributed by atoms with van der Waals surface area (Å²) in [6, 6.07) is 14.7. The third-order valence-electron chi connectivity index (χ3n) is 4.21. The molecule has 3 aromatic carbocycles. The van der Waals surface area contributed by atoms with E-state index in [9.17, 15) is 27.9 Å². The number of carbonyl (C=O) groups excluding carboxylic acids is 2. The normalized spacial score (nSPS) is 11.1. The van der Waals surface area contributed by atoms with Gasteiger partial charge in [-0.3, -0.25) is 9.59 Å². The zero-order chi connectivity index (χ0) is 21.2. The Morgan fingerprint density at radius 1 is 0.931 bits per heavy atom. The van der Waals surface area contributed by atoms with Crippen molar-refractivity contribution in [2.24, 2.45) is 5.73 Å². The number of hydrogen-bond donors (Lipinski definition) is 3. The van der Waals surface area contributed by atoms with Crippen molar-refractivity contribution in [3.63, 3.8) is 0 Å². The van der Waals surface area contributed by atoms with Gasteiger partial charge in [0.05, 0.1) is 11.1 Å². The smallest absolute Gasteiger partial charge is 0.416 e. The number of anilines is 1. The van der Waals surface area contributed by atoms with Crippen LogP contribution in [-0.4, -0.2) is 16.9 Å². The molecule has 3 rings (SSSR count). The van der Waals surface area contributed by atoms with Crippen LogP contribution in [0, 0.1) is 0 Å². The monoisotopic (exact) mass is 400 g/mol. The Hall–Kier alpha value is -3.81. The number of alkyl halides is 3. The molecule has 0 aliphatic heterocycles. The zero-order valence-corrected chi connectivity index (χ0v) is 14.8. The van der Waals surface area contributed by atoms with Gasteiger partial charge < -0.3 is 16.2 Å². The minimum absolute atomic E-state index is 0.0551. The summed E-state index contributed by atoms with van der Waals surface area (Å²) >= 11 is 0. The highest BCUT2D eigenvalue weighted by atomic mass is 19.4. The predicted octanol–water partition coefficient (Wildman–Crippen LogP) is 4.43. The summed E-state index contributed by atoms with van der Waals surface area (Å²) in [6.07, 6.45) is -4.54. The van der Waals surface area contributed by atoms with Crippen LogP contribution < -0.4 is 11.1 Å². The second kappa shape index (κ2) is 7.67. The van der Waals surface area contributed by atoms with Gasteiger partial charge in [0, 0.05) is 16.8 Å². The van der Waals surface area contributed by atoms with Crippen molar-refractivity contribution in [3.05, 3.63) is 83.4 Å². The molecule has 0 bridgehead atoms. The Labute approximate surface area is 163 Å². The average molecular weight is 400 g/mol. The first kappa shape index (κ1) is 19.9. The molecule has 0 aromatic heterocycles. The highest BCUT2D eigenvalue weighted by molar-refractivity contribution is 6.07. The van der Waals surface area contributed by atoms with E-state index in [1.54, 1.807) is 18.2 Å². The van der Waals surface area contributed by atoms with E-state index in [-0.39, 0.29) is 22.6 Å². The lowest BCUT2D eigenvalue weighted by atomic mass is 9.99. The Bertz CT molecular complexity index is 1080. The molecule has 8 heteroatoms. The molecule has 0 radical (unpaired) electrons. The maximum atomic E-state index is 12.8. The van der Waals surface area contributed by atoms with Crippen LogP contribution in [0.3, 0.4) is 0 Å². The molecule has 0 saturated heterocycles. The molecule has 4 N–H and O–H groups in total. The number of halogens is 3. The molecule has 0 unspecified atom stereocenters. The number of rotatable bonds is 4. The fraction of sp³-hybridized carbons (Fsp3) is 0.0476. The first-order valence-corrected chi connectivity index (χ1v) is 8.37. The van der Waals surface area contributed by atoms with Gasteiger partial charge in [-0.1, -0.05) is 30.3 Å². The lowest BCUT2D eigenvalue weighted by Gasteiger charge is -2.12. The molecule has 3 aromatic rings. The van der Waals surface area contributed by atoms with Gasteiger partial charge in [-0.25, -0.2) is 0 Å². The topological polar surface area (TPSA) is 92.4 Å². The highest BCUT2D eigenvalue weighted by Crippen LogP contribution is 2.34. The maximum Gasteiger partial charge on any atom is 0.416 e. The van der Waals surface area contributed by atoms with Crippen LogP contribution in [0.4, 0.5) is 18.9 Å². The quantitative estimate of drug-likeness (QED) is 0.605. The molecule has 0 spiro atoms. The Balaban J connectivity index is 1.89. The molecule has 0 atom stereocenters. The van der Waals surface area contributed by atoms with Gasteiger partial charge in [0.25, 0.3) is 5.91 Å². The van der Waals surface area contributed by atoms with Gasteiger partial charge in [0.2, 0.25) is 5.91 Å². The van der Waals surface area contributed by atoms with E-state index in [1.165, 1.54) is 36.4 Å². The molecule has 148 valence electrons. The van der Waals surface area contributed by atoms with Gasteiger partial charge in [-0.05, 0) is 42.0 Å². The summed E-state index contributed by atoms with van der Waals surface area (Å²) in [6.45, 7) is 0. The Kier molecular flexibility index (Phi) is 5.27. The average Bonchev–Trinajstić information content (AvgIpc) is 2.67. The second-order valence-electron chi connectivity index (χ2n) is 6.18. The van der Waals surface area contributed by atoms with Crippen LogP contribution in [0.25, 0.3) is 11.1 Å². The minimum Gasteiger partial charge on any atom is -0.506 e. The molecular formula is C21H15F3N2O3. The number of phenolic OH excluding ortho intramolecular Hbond substituents is 1. The fourth-order valence-corrected chi connectivity index (χ4v) is 2.75. The third kappa shape index (κ3) is 4.37. The SMILES string of the molecule is NC(=O)c1ccc(-c2cccc(C(=O)Nc3cccc(C(F)(F)F)c3)c2O)cc1. The number of nitrogens with two attached hydrogens (primary N) is 1. The summed E-state index contributed by atoms with van der Waals surface area (Å²) in [5.41, 5.74) is 5.26. The van der Waals surface area contributed by atoms with E-state index in [4.69, 9.17) is 5.73 Å². The van der Waals surface area contributed by atoms with Gasteiger partial charge in [-0.2, -0.15) is 13.2 Å². The largest absolute Gasteiger partial charge is 0.506 e. The molecule has 2 amide bonds. The van der Waals surface area contributed by atoms with Crippen molar-refractivity contribution in [3.8, 4) is 16.9 Å². The van der Waals surface area contributed by atoms with E-state index in [1.807, 2.05) is 0 Å². The summed E-state index contributed by atoms with van der Waals surface area (Å²) in [5.74, 6) is -1.71. The number of aromatic hydroxyl groups is 1. The lowest BCUT2D eigenvalue weighted by Crippen LogP contribution is -2.13. The number of carbonyl (C=O) groups is 2. The summed E-state index contributed by atoms with van der Waals surface area (Å²) < 4.78 is 38.5. The lowest BCUT2D eigenvalue weighted by molar-refractivity contribution is -0.137. The highest BCUT2D eigenvalue weighted by Gasteiger charge is 2.30. The molecule has 0 aliphatic carbocycles. The number of para-hydroxylation sites is 1. The van der Waals surface area contributed by atoms with Crippen LogP contribution in [0.2, 0.25) is 0 Å². The van der Waals surface area contributed by atoms with Crippen molar-refractivity contribution in [2.45, 2.75) is 6.18 Å². The molecule has 0 fully saturated rings. The van der Waals surface area contributed by atoms with Gasteiger partial charge in [0.1, 0.15) is 5.75 Å². The van der Waals surface area contributed by atoms with Crippen molar-refractivity contribution < 1.29 is 27.9 Å². The summed E-state index contributed by atoms with van der Waals surface area (Å²) in [7, 11) is 0. The Morgan fingerprint density at radius 3 is 2.21 bits per heavy atom. The van der Waals surface area contributed by atoms with Crippen molar-refractivity contribution in [2.75, 3.05) is 5.32 Å². The van der Waals surface area contributed by atoms with Gasteiger partial charge >= 0.3 is 6.18 Å². The molecular weight excluding hydrogens is 385 g/mol. The van der Waals surface area contributed by atoms with Crippen LogP contribution in [0.5, 0.6) is 5.75 Å². The zero-order valence-electron chi connectivity index (χ0n) is 14.8. The van der Waals surface area contributed by atoms with E-state index < -0.39 is 23.6 Å². The van der Waals surface area contributed by atoms with E-state index in [2.05, 4.69) is 5.32 Å². The predicted molar refractivity (Wildman–Crippen MR) is 101 cm³/mol. The van der Waals surface area contributed by atoms with E-state index in [0.717, 1.165) is 12.1 Å². The maximum absolute atomic E-state index is 12.8. The Morgan fingerprint density at radius 2 is 1.59 bits per heavy atom. The summed E-state index contributed by atoms with van der Waals surface area (Å²) in [5, 5.41) is 12.9. The van der Waals surface area contributed by atoms with Crippen molar-refractivity contribution >= 4 is 17.5 Å². The van der Waals surface area contributed by atoms with Crippen molar-refractivity contribution in [1.29, 1.82) is 0 Å². The minimum atomic E-state index is -4.54. The van der Waals surface area contributed by atoms with Crippen LogP contribution in [0.15, 0.2) is 66.7 Å². The van der Waals surface area contributed by atoms with Gasteiger partial charge in [0.15, 0.2) is 0 Å². The fourth-order valence-electron chi connectivity index (χ4n) is 2.75. The standard InChI is InChI=1S/C21H15F3N2O3/c22-21(23,24)14-3-1-4-15(11-14)26-20(29)17-6-2-5-16(18(17)27)12-7-9-13(10-8-12)19(25)28/h1-11,27H,(H2,25,28)(H,26,29). The van der Waals surface area contributed by atoms with E-state index in [0.29, 0.717) is 11.1 Å². The molecule has 0 saturated carbocycles. The van der Waals surface area contributed by atoms with Crippen LogP contribution in [-0.2, 0) is 6.18 Å². The van der Waals surface area contributed by atoms with Gasteiger partial charge in [-0.15, -0.1) is 0 Å². The molecule has 5 nitrogen and oxygen atoms in total. The number of amides is 2. The number of nitrogens with one attached hydrogen (secondary N) is 1. The molecule has 0 heterocycles. The first-order chi connectivity index (χ1) is 13.7. The van der Waals surface area contributed by atoms with Crippen molar-refractivity contribution in [1.82, 2.24) is 0 Å². The molecule has 0 aliphatic rings. The number of primary amides is 1. The first-order valence-electron chi connectivity index (χ1n) is 8.37. The number of hydrogen-bond acceptors (Lipinski definition) is 3. The van der Waals surface area contributed by atoms with Crippen LogP contribution in [0.1, 0.15) is 26.3 Å². The second-order valence-corrected chi connectivity index (χ2v) is 6.18. The molecule has 29 heavy (non-hydrogen) atoms.